The van der Waals surface area contributed by atoms with Crippen molar-refractivity contribution in [1.29, 1.82) is 5.41 Å². The lowest BCUT2D eigenvalue weighted by Crippen LogP contribution is -2.27. The highest BCUT2D eigenvalue weighted by Crippen LogP contribution is 2.24. The Labute approximate surface area is 188 Å². The van der Waals surface area contributed by atoms with Crippen molar-refractivity contribution in [2.75, 3.05) is 32.0 Å². The minimum Gasteiger partial charge on any atom is -0.490 e. The minimum absolute atomic E-state index is 0.130. The monoisotopic (exact) mass is 434 g/mol. The van der Waals surface area contributed by atoms with Crippen LogP contribution in [-0.2, 0) is 4.74 Å². The van der Waals surface area contributed by atoms with Gasteiger partial charge in [-0.15, -0.1) is 0 Å². The van der Waals surface area contributed by atoms with Crippen LogP contribution in [-0.4, -0.2) is 48.0 Å². The maximum atomic E-state index is 12.2. The molecular weight excluding hydrogens is 404 g/mol. The number of aromatic nitrogens is 1. The van der Waals surface area contributed by atoms with Gasteiger partial charge in [0.15, 0.2) is 0 Å². The number of nitrogen functional groups attached to an aromatic ring is 1. The third-order valence-electron chi connectivity index (χ3n) is 5.17. The number of nitrogens with two attached hydrogens (primary N) is 1. The zero-order chi connectivity index (χ0) is 22.9. The Morgan fingerprint density at radius 2 is 1.72 bits per heavy atom. The van der Waals surface area contributed by atoms with Gasteiger partial charge in [0.25, 0.3) is 0 Å². The summed E-state index contributed by atoms with van der Waals surface area (Å²) < 4.78 is 11.0. The number of hydrogen-bond acceptors (Lipinski definition) is 6. The molecule has 0 saturated carbocycles. The predicted octanol–water partition coefficient (Wildman–Crippen LogP) is 4.50. The van der Waals surface area contributed by atoms with Crippen LogP contribution in [0.5, 0.6) is 5.75 Å². The van der Waals surface area contributed by atoms with Crippen molar-refractivity contribution in [2.24, 2.45) is 0 Å². The maximum Gasteiger partial charge on any atom is 0.338 e. The number of esters is 1. The number of amidine groups is 1. The van der Waals surface area contributed by atoms with Crippen LogP contribution >= 0.6 is 0 Å². The number of fused-ring (bicyclic) bond motifs is 1. The number of benzene rings is 2. The first-order valence-electron chi connectivity index (χ1n) is 11.0. The van der Waals surface area contributed by atoms with Crippen molar-refractivity contribution in [1.82, 2.24) is 9.88 Å². The molecule has 3 N–H and O–H groups in total. The molecule has 3 aromatic rings. The Hall–Kier alpha value is -3.61. The van der Waals surface area contributed by atoms with Gasteiger partial charge in [-0.1, -0.05) is 32.0 Å². The molecular formula is C25H30N4O3. The van der Waals surface area contributed by atoms with Gasteiger partial charge in [-0.05, 0) is 48.6 Å². The van der Waals surface area contributed by atoms with Gasteiger partial charge in [0.1, 0.15) is 30.6 Å². The highest BCUT2D eigenvalue weighted by molar-refractivity contribution is 5.98. The zero-order valence-electron chi connectivity index (χ0n) is 18.6. The molecule has 4 rings (SSSR count). The second kappa shape index (κ2) is 11.1. The highest BCUT2D eigenvalue weighted by Gasteiger charge is 2.17. The van der Waals surface area contributed by atoms with E-state index in [0.717, 1.165) is 42.3 Å². The summed E-state index contributed by atoms with van der Waals surface area (Å²) in [5, 5.41) is 10.1. The standard InChI is InChI=1S/C23H24N4O3.C2H6/c24-21-20-15-19(8-7-16(20)9-10-26-21)29-13-14-30-23(28)18-5-3-17(4-6-18)22(25)27-11-1-2-12-27;1-2/h3-10,15,25H,1-2,11-14H2,(H2,24,26);1-2H3. The summed E-state index contributed by atoms with van der Waals surface area (Å²) in [6.45, 7) is 6.20. The molecule has 0 amide bonds. The molecule has 0 aliphatic carbocycles. The largest absolute Gasteiger partial charge is 0.490 e. The van der Waals surface area contributed by atoms with E-state index >= 15 is 0 Å². The maximum absolute atomic E-state index is 12.2. The fourth-order valence-electron chi connectivity index (χ4n) is 3.52. The molecule has 0 radical (unpaired) electrons. The van der Waals surface area contributed by atoms with Crippen LogP contribution in [0.4, 0.5) is 5.82 Å². The molecule has 0 spiro atoms. The van der Waals surface area contributed by atoms with Gasteiger partial charge in [0.2, 0.25) is 0 Å². The van der Waals surface area contributed by atoms with Gasteiger partial charge < -0.3 is 20.1 Å². The number of carbonyl (C=O) groups is 1. The van der Waals surface area contributed by atoms with Crippen LogP contribution in [0, 0.1) is 5.41 Å². The second-order valence-corrected chi connectivity index (χ2v) is 7.18. The number of rotatable bonds is 6. The number of anilines is 1. The van der Waals surface area contributed by atoms with E-state index in [9.17, 15) is 4.79 Å². The molecule has 32 heavy (non-hydrogen) atoms. The normalized spacial score (nSPS) is 12.8. The van der Waals surface area contributed by atoms with Crippen LogP contribution in [0.25, 0.3) is 10.8 Å². The Bertz CT molecular complexity index is 1060. The zero-order valence-corrected chi connectivity index (χ0v) is 18.6. The van der Waals surface area contributed by atoms with E-state index in [2.05, 4.69) is 9.88 Å². The van der Waals surface area contributed by atoms with Crippen LogP contribution in [0.15, 0.2) is 54.7 Å². The average Bonchev–Trinajstić information content (AvgIpc) is 3.38. The van der Waals surface area contributed by atoms with Gasteiger partial charge >= 0.3 is 5.97 Å². The van der Waals surface area contributed by atoms with Gasteiger partial charge in [0.05, 0.1) is 5.56 Å². The molecule has 7 heteroatoms. The molecule has 2 aromatic carbocycles. The summed E-state index contributed by atoms with van der Waals surface area (Å²) in [7, 11) is 0. The Morgan fingerprint density at radius 3 is 2.44 bits per heavy atom. The summed E-state index contributed by atoms with van der Waals surface area (Å²) in [5.41, 5.74) is 7.16. The summed E-state index contributed by atoms with van der Waals surface area (Å²) in [5.74, 6) is 1.19. The number of carbonyl (C=O) groups excluding carboxylic acids is 1. The molecule has 1 fully saturated rings. The van der Waals surface area contributed by atoms with Crippen molar-refractivity contribution in [3.8, 4) is 5.75 Å². The Balaban J connectivity index is 0.00000141. The lowest BCUT2D eigenvalue weighted by atomic mass is 10.1. The molecule has 0 bridgehead atoms. The lowest BCUT2D eigenvalue weighted by Gasteiger charge is -2.18. The average molecular weight is 435 g/mol. The second-order valence-electron chi connectivity index (χ2n) is 7.18. The molecule has 0 atom stereocenters. The van der Waals surface area contributed by atoms with Crippen molar-refractivity contribution in [3.63, 3.8) is 0 Å². The predicted molar refractivity (Wildman–Crippen MR) is 127 cm³/mol. The first-order chi connectivity index (χ1) is 15.6. The number of hydrogen-bond donors (Lipinski definition) is 2. The van der Waals surface area contributed by atoms with Crippen molar-refractivity contribution >= 4 is 28.4 Å². The number of ether oxygens (including phenoxy) is 2. The Morgan fingerprint density at radius 1 is 1.03 bits per heavy atom. The molecule has 0 unspecified atom stereocenters. The number of nitrogens with zero attached hydrogens (tertiary/aromatic N) is 2. The fraction of sp³-hybridized carbons (Fsp3) is 0.320. The van der Waals surface area contributed by atoms with E-state index in [1.165, 1.54) is 0 Å². The summed E-state index contributed by atoms with van der Waals surface area (Å²) in [6.07, 6.45) is 3.91. The quantitative estimate of drug-likeness (QED) is 0.256. The smallest absolute Gasteiger partial charge is 0.338 e. The van der Waals surface area contributed by atoms with Crippen LogP contribution in [0.3, 0.4) is 0 Å². The van der Waals surface area contributed by atoms with Crippen LogP contribution < -0.4 is 10.5 Å². The van der Waals surface area contributed by atoms with Crippen LogP contribution in [0.2, 0.25) is 0 Å². The third-order valence-corrected chi connectivity index (χ3v) is 5.17. The van der Waals surface area contributed by atoms with Gasteiger partial charge in [-0.2, -0.15) is 0 Å². The van der Waals surface area contributed by atoms with Crippen molar-refractivity contribution in [2.45, 2.75) is 26.7 Å². The molecule has 7 nitrogen and oxygen atoms in total. The number of likely N-dealkylation sites (tertiary alicyclic amines) is 1. The first kappa shape index (κ1) is 23.1. The third kappa shape index (κ3) is 5.55. The molecule has 168 valence electrons. The summed E-state index contributed by atoms with van der Waals surface area (Å²) in [4.78, 5) is 18.4. The highest BCUT2D eigenvalue weighted by atomic mass is 16.6. The topological polar surface area (TPSA) is 102 Å². The van der Waals surface area contributed by atoms with Crippen molar-refractivity contribution in [3.05, 3.63) is 65.9 Å². The summed E-state index contributed by atoms with van der Waals surface area (Å²) in [6, 6.07) is 14.4. The molecule has 1 aliphatic rings. The Kier molecular flexibility index (Phi) is 8.02. The number of nitrogens with one attached hydrogen (secondary N) is 1. The van der Waals surface area contributed by atoms with Gasteiger partial charge in [-0.25, -0.2) is 9.78 Å². The van der Waals surface area contributed by atoms with E-state index in [0.29, 0.717) is 23.0 Å². The molecule has 2 heterocycles. The number of pyridine rings is 1. The lowest BCUT2D eigenvalue weighted by molar-refractivity contribution is 0.0450. The SMILES string of the molecule is CC.N=C(c1ccc(C(=O)OCCOc2ccc3ccnc(N)c3c2)cc1)N1CCCC1. The molecule has 1 saturated heterocycles. The van der Waals surface area contributed by atoms with Gasteiger partial charge in [0, 0.05) is 30.2 Å². The van der Waals surface area contributed by atoms with Crippen LogP contribution in [0.1, 0.15) is 42.6 Å². The summed E-state index contributed by atoms with van der Waals surface area (Å²) >= 11 is 0. The molecule has 1 aromatic heterocycles. The minimum atomic E-state index is -0.412. The fourth-order valence-corrected chi connectivity index (χ4v) is 3.52. The first-order valence-corrected chi connectivity index (χ1v) is 11.0. The van der Waals surface area contributed by atoms with E-state index in [4.69, 9.17) is 20.6 Å². The molecule has 1 aliphatic heterocycles. The van der Waals surface area contributed by atoms with E-state index in [-0.39, 0.29) is 13.2 Å². The van der Waals surface area contributed by atoms with Gasteiger partial charge in [-0.3, -0.25) is 5.41 Å². The van der Waals surface area contributed by atoms with E-state index < -0.39 is 5.97 Å². The van der Waals surface area contributed by atoms with Crippen molar-refractivity contribution < 1.29 is 14.3 Å². The van der Waals surface area contributed by atoms with E-state index in [1.807, 2.05) is 38.1 Å². The van der Waals surface area contributed by atoms with E-state index in [1.54, 1.807) is 30.5 Å².